The van der Waals surface area contributed by atoms with Crippen molar-refractivity contribution in [3.05, 3.63) is 65.0 Å². The maximum absolute atomic E-state index is 14.5. The Morgan fingerprint density at radius 3 is 2.50 bits per heavy atom. The molecule has 38 heavy (non-hydrogen) atoms. The molecule has 196 valence electrons. The molecule has 1 heterocycles. The summed E-state index contributed by atoms with van der Waals surface area (Å²) in [6.45, 7) is 1.79. The van der Waals surface area contributed by atoms with E-state index in [1.54, 1.807) is 13.0 Å². The minimum absolute atomic E-state index is 0.0706. The highest BCUT2D eigenvalue weighted by atomic mass is 19.1. The number of anilines is 1. The number of carbonyl (C=O) groups excluding carboxylic acids is 5. The lowest BCUT2D eigenvalue weighted by atomic mass is 9.91. The van der Waals surface area contributed by atoms with E-state index in [0.717, 1.165) is 17.0 Å². The van der Waals surface area contributed by atoms with E-state index in [4.69, 9.17) is 11.0 Å². The number of carbonyl (C=O) groups is 5. The van der Waals surface area contributed by atoms with E-state index in [9.17, 15) is 28.4 Å². The fourth-order valence-corrected chi connectivity index (χ4v) is 4.58. The molecule has 2 aromatic carbocycles. The quantitative estimate of drug-likeness (QED) is 0.426. The number of nitrogens with two attached hydrogens (primary N) is 1. The van der Waals surface area contributed by atoms with Gasteiger partial charge in [0.05, 0.1) is 16.8 Å². The number of amides is 4. The van der Waals surface area contributed by atoms with E-state index in [1.807, 2.05) is 0 Å². The van der Waals surface area contributed by atoms with Crippen LogP contribution in [0, 0.1) is 23.1 Å². The molecule has 10 nitrogen and oxygen atoms in total. The fourth-order valence-electron chi connectivity index (χ4n) is 4.58. The number of ketones is 1. The van der Waals surface area contributed by atoms with E-state index in [0.29, 0.717) is 19.3 Å². The van der Waals surface area contributed by atoms with Gasteiger partial charge in [0.15, 0.2) is 0 Å². The Bertz CT molecular complexity index is 1370. The van der Waals surface area contributed by atoms with Gasteiger partial charge in [0, 0.05) is 23.6 Å². The summed E-state index contributed by atoms with van der Waals surface area (Å²) in [5, 5.41) is 14.4. The summed E-state index contributed by atoms with van der Waals surface area (Å²) in [4.78, 5) is 66.3. The standard InChI is InChI=1S/C27H26FN5O5/c1-14-10-17(25(36)31-14)12-22(23(34)26(37)32-18-8-9-18)33(21-5-3-2-4-19(21)24(30)35)27(38)15-6-7-16(13-29)20(28)11-15/h2-7,11,14,17-18,22H,8-10,12H2,1H3,(H2,30,35)(H,31,36)(H,32,37)/t14-,17+,22+/m1/s1. The second kappa shape index (κ2) is 10.8. The van der Waals surface area contributed by atoms with Gasteiger partial charge in [-0.15, -0.1) is 0 Å². The number of benzene rings is 2. The molecule has 1 saturated carbocycles. The van der Waals surface area contributed by atoms with Gasteiger partial charge in [0.25, 0.3) is 17.7 Å². The van der Waals surface area contributed by atoms with E-state index in [2.05, 4.69) is 10.6 Å². The van der Waals surface area contributed by atoms with Gasteiger partial charge in [-0.25, -0.2) is 4.39 Å². The molecular formula is C27H26FN5O5. The number of nitriles is 1. The van der Waals surface area contributed by atoms with Gasteiger partial charge in [0.1, 0.15) is 17.9 Å². The van der Waals surface area contributed by atoms with Crippen molar-refractivity contribution in [1.29, 1.82) is 5.26 Å². The number of nitrogens with one attached hydrogen (secondary N) is 2. The Labute approximate surface area is 218 Å². The van der Waals surface area contributed by atoms with Crippen molar-refractivity contribution < 1.29 is 28.4 Å². The van der Waals surface area contributed by atoms with Crippen LogP contribution >= 0.6 is 0 Å². The second-order valence-electron chi connectivity index (χ2n) is 9.57. The van der Waals surface area contributed by atoms with Gasteiger partial charge >= 0.3 is 0 Å². The number of hydrogen-bond donors (Lipinski definition) is 3. The lowest BCUT2D eigenvalue weighted by molar-refractivity contribution is -0.139. The topological polar surface area (TPSA) is 162 Å². The molecule has 0 unspecified atom stereocenters. The highest BCUT2D eigenvalue weighted by molar-refractivity contribution is 6.40. The van der Waals surface area contributed by atoms with Crippen LogP contribution in [0.4, 0.5) is 10.1 Å². The summed E-state index contributed by atoms with van der Waals surface area (Å²) in [5.74, 6) is -5.72. The number of rotatable bonds is 9. The summed E-state index contributed by atoms with van der Waals surface area (Å²) in [6.07, 6.45) is 1.57. The normalized spacial score (nSPS) is 19.1. The molecule has 1 aliphatic carbocycles. The van der Waals surface area contributed by atoms with Crippen LogP contribution in [-0.4, -0.2) is 47.5 Å². The minimum Gasteiger partial charge on any atom is -0.366 e. The molecule has 4 N–H and O–H groups in total. The van der Waals surface area contributed by atoms with E-state index < -0.39 is 41.3 Å². The third kappa shape index (κ3) is 5.54. The van der Waals surface area contributed by atoms with Crippen molar-refractivity contribution in [2.24, 2.45) is 11.7 Å². The molecule has 0 aromatic heterocycles. The zero-order chi connectivity index (χ0) is 27.6. The highest BCUT2D eigenvalue weighted by Gasteiger charge is 2.42. The average Bonchev–Trinajstić information content (AvgIpc) is 3.64. The molecule has 0 bridgehead atoms. The minimum atomic E-state index is -1.51. The fraction of sp³-hybridized carbons (Fsp3) is 0.333. The summed E-state index contributed by atoms with van der Waals surface area (Å²) >= 11 is 0. The molecule has 3 atom stereocenters. The number of hydrogen-bond acceptors (Lipinski definition) is 6. The van der Waals surface area contributed by atoms with Gasteiger partial charge in [-0.2, -0.15) is 5.26 Å². The average molecular weight is 520 g/mol. The highest BCUT2D eigenvalue weighted by Crippen LogP contribution is 2.31. The summed E-state index contributed by atoms with van der Waals surface area (Å²) < 4.78 is 14.5. The maximum Gasteiger partial charge on any atom is 0.289 e. The molecule has 2 aliphatic rings. The largest absolute Gasteiger partial charge is 0.366 e. The maximum atomic E-state index is 14.5. The van der Waals surface area contributed by atoms with Gasteiger partial charge < -0.3 is 16.4 Å². The summed E-state index contributed by atoms with van der Waals surface area (Å²) in [7, 11) is 0. The number of halogens is 1. The predicted octanol–water partition coefficient (Wildman–Crippen LogP) is 1.57. The molecule has 1 saturated heterocycles. The van der Waals surface area contributed by atoms with E-state index in [1.165, 1.54) is 30.3 Å². The molecule has 2 aromatic rings. The molecular weight excluding hydrogens is 493 g/mol. The van der Waals surface area contributed by atoms with Crippen LogP contribution in [0.15, 0.2) is 42.5 Å². The monoisotopic (exact) mass is 519 g/mol. The first kappa shape index (κ1) is 26.5. The molecule has 4 amide bonds. The Morgan fingerprint density at radius 2 is 1.92 bits per heavy atom. The predicted molar refractivity (Wildman–Crippen MR) is 133 cm³/mol. The molecule has 11 heteroatoms. The first-order valence-electron chi connectivity index (χ1n) is 12.2. The van der Waals surface area contributed by atoms with E-state index in [-0.39, 0.29) is 46.8 Å². The van der Waals surface area contributed by atoms with Crippen LogP contribution in [0.2, 0.25) is 0 Å². The third-order valence-electron chi connectivity index (χ3n) is 6.64. The molecule has 4 rings (SSSR count). The SMILES string of the molecule is C[C@@H]1C[C@@H](C[C@@H](C(=O)C(=O)NC2CC2)N(C(=O)c2ccc(C#N)c(F)c2)c2ccccc2C(N)=O)C(=O)N1. The Hall–Kier alpha value is -4.59. The van der Waals surface area contributed by atoms with Crippen LogP contribution < -0.4 is 21.3 Å². The number of nitrogens with zero attached hydrogens (tertiary/aromatic N) is 2. The second-order valence-corrected chi connectivity index (χ2v) is 9.57. The summed E-state index contributed by atoms with van der Waals surface area (Å²) in [5.41, 5.74) is 4.86. The Balaban J connectivity index is 1.85. The van der Waals surface area contributed by atoms with Crippen molar-refractivity contribution in [2.45, 2.75) is 50.7 Å². The first-order valence-corrected chi connectivity index (χ1v) is 12.2. The van der Waals surface area contributed by atoms with Gasteiger partial charge in [-0.05, 0) is 62.9 Å². The van der Waals surface area contributed by atoms with Crippen LogP contribution in [0.5, 0.6) is 0 Å². The van der Waals surface area contributed by atoms with Gasteiger partial charge in [0.2, 0.25) is 11.7 Å². The Morgan fingerprint density at radius 1 is 1.21 bits per heavy atom. The van der Waals surface area contributed by atoms with Crippen molar-refractivity contribution in [2.75, 3.05) is 4.90 Å². The number of para-hydroxylation sites is 1. The lowest BCUT2D eigenvalue weighted by Crippen LogP contribution is -2.52. The smallest absolute Gasteiger partial charge is 0.289 e. The zero-order valence-electron chi connectivity index (χ0n) is 20.6. The molecule has 0 radical (unpaired) electrons. The van der Waals surface area contributed by atoms with Crippen LogP contribution in [0.25, 0.3) is 0 Å². The van der Waals surface area contributed by atoms with Gasteiger partial charge in [-0.1, -0.05) is 12.1 Å². The zero-order valence-corrected chi connectivity index (χ0v) is 20.6. The Kier molecular flexibility index (Phi) is 7.52. The third-order valence-corrected chi connectivity index (χ3v) is 6.64. The van der Waals surface area contributed by atoms with Crippen LogP contribution in [-0.2, 0) is 14.4 Å². The van der Waals surface area contributed by atoms with Crippen molar-refractivity contribution in [3.63, 3.8) is 0 Å². The van der Waals surface area contributed by atoms with Crippen molar-refractivity contribution >= 4 is 35.1 Å². The lowest BCUT2D eigenvalue weighted by Gasteiger charge is -2.33. The van der Waals surface area contributed by atoms with E-state index >= 15 is 0 Å². The van der Waals surface area contributed by atoms with Crippen LogP contribution in [0.1, 0.15) is 58.9 Å². The first-order chi connectivity index (χ1) is 18.1. The number of Topliss-reactive ketones (excluding diaryl/α,β-unsaturated/α-hetero) is 1. The molecule has 2 fully saturated rings. The number of primary amides is 1. The summed E-state index contributed by atoms with van der Waals surface area (Å²) in [6, 6.07) is 8.75. The van der Waals surface area contributed by atoms with Crippen molar-refractivity contribution in [1.82, 2.24) is 10.6 Å². The molecule has 0 spiro atoms. The van der Waals surface area contributed by atoms with Gasteiger partial charge in [-0.3, -0.25) is 28.9 Å². The van der Waals surface area contributed by atoms with Crippen LogP contribution in [0.3, 0.4) is 0 Å². The van der Waals surface area contributed by atoms with Crippen molar-refractivity contribution in [3.8, 4) is 6.07 Å². The molecule has 1 aliphatic heterocycles.